The third-order valence-electron chi connectivity index (χ3n) is 2.28. The highest BCUT2D eigenvalue weighted by atomic mass is 16.6. The molecule has 0 rings (SSSR count). The number of carboxylic acids is 1. The van der Waals surface area contributed by atoms with E-state index >= 15 is 0 Å². The maximum Gasteiger partial charge on any atom is 0.340 e. The van der Waals surface area contributed by atoms with E-state index in [4.69, 9.17) is 21.3 Å². The zero-order chi connectivity index (χ0) is 13.9. The minimum atomic E-state index is -2.19. The molecule has 0 heterocycles. The van der Waals surface area contributed by atoms with Gasteiger partial charge in [-0.25, -0.2) is 9.59 Å². The van der Waals surface area contributed by atoms with Gasteiger partial charge in [0.1, 0.15) is 5.60 Å². The lowest BCUT2D eigenvalue weighted by Gasteiger charge is -2.31. The Hall–Kier alpha value is -1.14. The van der Waals surface area contributed by atoms with E-state index in [0.29, 0.717) is 12.8 Å². The first-order valence-electron chi connectivity index (χ1n) is 5.57. The molecule has 0 aliphatic carbocycles. The Morgan fingerprint density at radius 1 is 1.35 bits per heavy atom. The fraction of sp³-hybridized carbons (Fsp3) is 0.818. The molecule has 5 N–H and O–H groups in total. The molecule has 0 amide bonds. The van der Waals surface area contributed by atoms with Crippen LogP contribution < -0.4 is 11.5 Å². The normalized spacial score (nSPS) is 17.1. The molecule has 0 aliphatic heterocycles. The highest BCUT2D eigenvalue weighted by molar-refractivity contribution is 6.05. The molecule has 0 bridgehead atoms. The highest BCUT2D eigenvalue weighted by Gasteiger charge is 2.50. The number of nitrogens with two attached hydrogens (primary N) is 2. The van der Waals surface area contributed by atoms with Gasteiger partial charge in [0.05, 0.1) is 0 Å². The molecule has 0 aromatic heterocycles. The molecule has 17 heavy (non-hydrogen) atoms. The van der Waals surface area contributed by atoms with Crippen LogP contribution in [0, 0.1) is 0 Å². The van der Waals surface area contributed by atoms with Crippen LogP contribution in [-0.4, -0.2) is 34.2 Å². The second kappa shape index (κ2) is 5.46. The summed E-state index contributed by atoms with van der Waals surface area (Å²) in [6, 6.07) is -0.972. The number of rotatable bonds is 5. The van der Waals surface area contributed by atoms with Crippen molar-refractivity contribution in [2.45, 2.75) is 57.7 Å². The molecule has 2 unspecified atom stereocenters. The average Bonchev–Trinajstić information content (AvgIpc) is 2.13. The number of ether oxygens (including phenoxy) is 1. The van der Waals surface area contributed by atoms with E-state index in [-0.39, 0.29) is 0 Å². The maximum absolute atomic E-state index is 11.8. The summed E-state index contributed by atoms with van der Waals surface area (Å²) in [4.78, 5) is 23.0. The zero-order valence-corrected chi connectivity index (χ0v) is 10.8. The molecule has 0 aliphatic rings. The van der Waals surface area contributed by atoms with Gasteiger partial charge in [0.15, 0.2) is 0 Å². The molecule has 0 saturated heterocycles. The lowest BCUT2D eigenvalue weighted by Crippen LogP contribution is -2.67. The number of esters is 1. The first kappa shape index (κ1) is 15.9. The second-order valence-electron chi connectivity index (χ2n) is 5.07. The van der Waals surface area contributed by atoms with Gasteiger partial charge in [-0.15, -0.1) is 0 Å². The lowest BCUT2D eigenvalue weighted by atomic mass is 9.88. The maximum atomic E-state index is 11.8. The van der Waals surface area contributed by atoms with Crippen LogP contribution >= 0.6 is 0 Å². The van der Waals surface area contributed by atoms with Crippen LogP contribution in [0.25, 0.3) is 0 Å². The van der Waals surface area contributed by atoms with Crippen molar-refractivity contribution in [2.75, 3.05) is 0 Å². The molecule has 6 nitrogen and oxygen atoms in total. The molecule has 6 heteroatoms. The highest BCUT2D eigenvalue weighted by Crippen LogP contribution is 2.18. The van der Waals surface area contributed by atoms with E-state index in [0.717, 1.165) is 0 Å². The molecule has 0 aromatic rings. The van der Waals surface area contributed by atoms with Crippen LogP contribution in [0.1, 0.15) is 40.5 Å². The van der Waals surface area contributed by atoms with Crippen molar-refractivity contribution in [3.8, 4) is 0 Å². The van der Waals surface area contributed by atoms with Gasteiger partial charge >= 0.3 is 11.9 Å². The van der Waals surface area contributed by atoms with Gasteiger partial charge in [0, 0.05) is 6.04 Å². The molecular formula is C11H22N2O4. The van der Waals surface area contributed by atoms with Gasteiger partial charge in [-0.1, -0.05) is 13.3 Å². The average molecular weight is 246 g/mol. The first-order valence-corrected chi connectivity index (χ1v) is 5.57. The predicted molar refractivity (Wildman–Crippen MR) is 63.3 cm³/mol. The number of aliphatic carboxylic acids is 1. The number of carbonyl (C=O) groups excluding carboxylic acids is 1. The molecule has 0 aromatic carbocycles. The van der Waals surface area contributed by atoms with Crippen molar-refractivity contribution in [1.82, 2.24) is 0 Å². The summed E-state index contributed by atoms with van der Waals surface area (Å²) in [5.74, 6) is -2.47. The van der Waals surface area contributed by atoms with Crippen molar-refractivity contribution in [1.29, 1.82) is 0 Å². The fourth-order valence-electron chi connectivity index (χ4n) is 1.30. The van der Waals surface area contributed by atoms with E-state index < -0.39 is 29.1 Å². The van der Waals surface area contributed by atoms with Gasteiger partial charge in [-0.05, 0) is 27.2 Å². The molecule has 0 spiro atoms. The summed E-state index contributed by atoms with van der Waals surface area (Å²) in [6.07, 6.45) is 0.970. The standard InChI is InChI=1S/C11H22N2O4/c1-5-6-7(12)11(13,8(14)15)9(16)17-10(2,3)4/h7H,5-6,12-13H2,1-4H3,(H,14,15). The van der Waals surface area contributed by atoms with Gasteiger partial charge in [0.2, 0.25) is 5.54 Å². The Morgan fingerprint density at radius 3 is 2.12 bits per heavy atom. The van der Waals surface area contributed by atoms with E-state index in [1.54, 1.807) is 20.8 Å². The minimum Gasteiger partial charge on any atom is -0.479 e. The minimum absolute atomic E-state index is 0.335. The van der Waals surface area contributed by atoms with Crippen LogP contribution in [0.5, 0.6) is 0 Å². The van der Waals surface area contributed by atoms with Gasteiger partial charge < -0.3 is 21.3 Å². The van der Waals surface area contributed by atoms with Crippen LogP contribution in [0.15, 0.2) is 0 Å². The number of carbonyl (C=O) groups is 2. The summed E-state index contributed by atoms with van der Waals surface area (Å²) >= 11 is 0. The zero-order valence-electron chi connectivity index (χ0n) is 10.8. The monoisotopic (exact) mass is 246 g/mol. The second-order valence-corrected chi connectivity index (χ2v) is 5.07. The van der Waals surface area contributed by atoms with Crippen LogP contribution in [0.4, 0.5) is 0 Å². The summed E-state index contributed by atoms with van der Waals surface area (Å²) in [6.45, 7) is 6.74. The smallest absolute Gasteiger partial charge is 0.340 e. The Kier molecular flexibility index (Phi) is 5.10. The van der Waals surface area contributed by atoms with E-state index in [9.17, 15) is 9.59 Å². The largest absolute Gasteiger partial charge is 0.479 e. The number of hydrogen-bond donors (Lipinski definition) is 3. The predicted octanol–water partition coefficient (Wildman–Crippen LogP) is 0.238. The van der Waals surface area contributed by atoms with Crippen molar-refractivity contribution in [2.24, 2.45) is 11.5 Å². The topological polar surface area (TPSA) is 116 Å². The molecule has 100 valence electrons. The Labute approximate surface area is 101 Å². The third kappa shape index (κ3) is 3.98. The van der Waals surface area contributed by atoms with Crippen molar-refractivity contribution in [3.63, 3.8) is 0 Å². The third-order valence-corrected chi connectivity index (χ3v) is 2.28. The van der Waals surface area contributed by atoms with Gasteiger partial charge in [0.25, 0.3) is 0 Å². The lowest BCUT2D eigenvalue weighted by molar-refractivity contribution is -0.170. The summed E-state index contributed by atoms with van der Waals surface area (Å²) in [5, 5.41) is 9.09. The number of carboxylic acid groups (broad SMARTS) is 1. The van der Waals surface area contributed by atoms with E-state index in [2.05, 4.69) is 0 Å². The molecule has 2 atom stereocenters. The summed E-state index contributed by atoms with van der Waals surface area (Å²) < 4.78 is 5.01. The van der Waals surface area contributed by atoms with Crippen molar-refractivity contribution in [3.05, 3.63) is 0 Å². The molecule has 0 fully saturated rings. The van der Waals surface area contributed by atoms with Crippen molar-refractivity contribution < 1.29 is 19.4 Å². The Bertz CT molecular complexity index is 298. The van der Waals surface area contributed by atoms with Crippen LogP contribution in [0.2, 0.25) is 0 Å². The van der Waals surface area contributed by atoms with E-state index in [1.807, 2.05) is 6.92 Å². The Morgan fingerprint density at radius 2 is 1.82 bits per heavy atom. The van der Waals surface area contributed by atoms with Crippen LogP contribution in [-0.2, 0) is 14.3 Å². The van der Waals surface area contributed by atoms with Gasteiger partial charge in [-0.2, -0.15) is 0 Å². The fourth-order valence-corrected chi connectivity index (χ4v) is 1.30. The SMILES string of the molecule is CCCC(N)C(N)(C(=O)O)C(=O)OC(C)(C)C. The quantitative estimate of drug-likeness (QED) is 0.472. The molecule has 0 saturated carbocycles. The Balaban J connectivity index is 5.08. The molecular weight excluding hydrogens is 224 g/mol. The van der Waals surface area contributed by atoms with Crippen molar-refractivity contribution >= 4 is 11.9 Å². The van der Waals surface area contributed by atoms with Gasteiger partial charge in [-0.3, -0.25) is 0 Å². The molecule has 0 radical (unpaired) electrons. The number of hydrogen-bond acceptors (Lipinski definition) is 5. The van der Waals surface area contributed by atoms with E-state index in [1.165, 1.54) is 0 Å². The summed E-state index contributed by atoms with van der Waals surface area (Å²) in [5.41, 5.74) is 8.31. The van der Waals surface area contributed by atoms with Crippen LogP contribution in [0.3, 0.4) is 0 Å². The summed E-state index contributed by atoms with van der Waals surface area (Å²) in [7, 11) is 0. The first-order chi connectivity index (χ1) is 7.55.